The molecule has 134 valence electrons. The van der Waals surface area contributed by atoms with Crippen molar-refractivity contribution in [2.24, 2.45) is 0 Å². The highest BCUT2D eigenvalue weighted by molar-refractivity contribution is 6.01. The number of para-hydroxylation sites is 1. The number of benzene rings is 1. The number of ether oxygens (including phenoxy) is 1. The van der Waals surface area contributed by atoms with Crippen LogP contribution in [0, 0.1) is 25.2 Å². The highest BCUT2D eigenvalue weighted by Crippen LogP contribution is 2.22. The van der Waals surface area contributed by atoms with Crippen molar-refractivity contribution >= 4 is 12.0 Å². The highest BCUT2D eigenvalue weighted by atomic mass is 16.5. The molecule has 5 nitrogen and oxygen atoms in total. The van der Waals surface area contributed by atoms with Gasteiger partial charge >= 0.3 is 0 Å². The van der Waals surface area contributed by atoms with Crippen molar-refractivity contribution in [3.05, 3.63) is 58.9 Å². The summed E-state index contributed by atoms with van der Waals surface area (Å²) in [7, 11) is 0. The molecule has 0 bridgehead atoms. The minimum atomic E-state index is -0.354. The van der Waals surface area contributed by atoms with Crippen molar-refractivity contribution in [1.82, 2.24) is 9.88 Å². The van der Waals surface area contributed by atoms with Crippen LogP contribution in [-0.4, -0.2) is 29.7 Å². The third-order valence-electron chi connectivity index (χ3n) is 4.66. The van der Waals surface area contributed by atoms with Gasteiger partial charge in [0.05, 0.1) is 6.10 Å². The number of aryl methyl sites for hydroxylation is 1. The molecule has 0 aliphatic carbocycles. The van der Waals surface area contributed by atoms with Crippen LogP contribution in [0.15, 0.2) is 42.0 Å². The summed E-state index contributed by atoms with van der Waals surface area (Å²) in [5.41, 5.74) is 4.08. The summed E-state index contributed by atoms with van der Waals surface area (Å²) < 4.78 is 7.62. The number of nitrogens with zero attached hydrogens (tertiary/aromatic N) is 2. The Morgan fingerprint density at radius 2 is 2.15 bits per heavy atom. The van der Waals surface area contributed by atoms with Gasteiger partial charge in [-0.15, -0.1) is 0 Å². The van der Waals surface area contributed by atoms with Crippen LogP contribution >= 0.6 is 0 Å². The van der Waals surface area contributed by atoms with E-state index in [1.807, 2.05) is 56.3 Å². The van der Waals surface area contributed by atoms with Gasteiger partial charge in [-0.05, 0) is 56.5 Å². The highest BCUT2D eigenvalue weighted by Gasteiger charge is 2.18. The van der Waals surface area contributed by atoms with Crippen LogP contribution < -0.4 is 5.32 Å². The largest absolute Gasteiger partial charge is 0.376 e. The van der Waals surface area contributed by atoms with Gasteiger partial charge in [0, 0.05) is 30.2 Å². The molecule has 1 aliphatic rings. The number of aromatic nitrogens is 1. The molecule has 1 saturated heterocycles. The third kappa shape index (κ3) is 3.87. The molecule has 0 radical (unpaired) electrons. The Hall–Kier alpha value is -2.84. The van der Waals surface area contributed by atoms with Gasteiger partial charge in [0.25, 0.3) is 5.91 Å². The number of amides is 1. The third-order valence-corrected chi connectivity index (χ3v) is 4.66. The number of hydrogen-bond acceptors (Lipinski definition) is 3. The lowest BCUT2D eigenvalue weighted by Crippen LogP contribution is -2.32. The molecule has 1 N–H and O–H groups in total. The Balaban J connectivity index is 1.81. The molecule has 1 amide bonds. The van der Waals surface area contributed by atoms with E-state index in [4.69, 9.17) is 4.74 Å². The van der Waals surface area contributed by atoms with E-state index in [2.05, 4.69) is 9.88 Å². The fourth-order valence-electron chi connectivity index (χ4n) is 3.32. The number of rotatable bonds is 5. The summed E-state index contributed by atoms with van der Waals surface area (Å²) in [6.07, 6.45) is 3.69. The van der Waals surface area contributed by atoms with E-state index in [1.165, 1.54) is 0 Å². The zero-order valence-electron chi connectivity index (χ0n) is 15.2. The van der Waals surface area contributed by atoms with E-state index in [9.17, 15) is 10.1 Å². The van der Waals surface area contributed by atoms with Gasteiger partial charge in [0.1, 0.15) is 11.6 Å². The smallest absolute Gasteiger partial charge is 0.262 e. The van der Waals surface area contributed by atoms with Gasteiger partial charge < -0.3 is 14.6 Å². The predicted octanol–water partition coefficient (Wildman–Crippen LogP) is 3.30. The van der Waals surface area contributed by atoms with Crippen LogP contribution in [0.1, 0.15) is 29.8 Å². The minimum absolute atomic E-state index is 0.0574. The monoisotopic (exact) mass is 349 g/mol. The second kappa shape index (κ2) is 8.03. The SMILES string of the molecule is Cc1cc(/C=C(\C#N)C(=O)NC[C@H]2CCCO2)c(C)n1-c1ccccc1. The topological polar surface area (TPSA) is 67.1 Å². The van der Waals surface area contributed by atoms with E-state index in [0.29, 0.717) is 6.54 Å². The molecule has 1 aromatic carbocycles. The summed E-state index contributed by atoms with van der Waals surface area (Å²) >= 11 is 0. The molecule has 1 atom stereocenters. The van der Waals surface area contributed by atoms with Crippen molar-refractivity contribution in [2.45, 2.75) is 32.8 Å². The lowest BCUT2D eigenvalue weighted by atomic mass is 10.1. The maximum Gasteiger partial charge on any atom is 0.262 e. The molecule has 0 saturated carbocycles. The Morgan fingerprint density at radius 1 is 1.38 bits per heavy atom. The average Bonchev–Trinajstić information content (AvgIpc) is 3.26. The summed E-state index contributed by atoms with van der Waals surface area (Å²) in [5.74, 6) is -0.354. The molecule has 0 spiro atoms. The Bertz CT molecular complexity index is 853. The Labute approximate surface area is 153 Å². The predicted molar refractivity (Wildman–Crippen MR) is 101 cm³/mol. The van der Waals surface area contributed by atoms with Gasteiger partial charge in [-0.25, -0.2) is 0 Å². The van der Waals surface area contributed by atoms with Gasteiger partial charge in [-0.2, -0.15) is 5.26 Å². The number of nitriles is 1. The Morgan fingerprint density at radius 3 is 2.81 bits per heavy atom. The minimum Gasteiger partial charge on any atom is -0.376 e. The first kappa shape index (κ1) is 18.0. The second-order valence-corrected chi connectivity index (χ2v) is 6.51. The zero-order valence-corrected chi connectivity index (χ0v) is 15.2. The first-order chi connectivity index (χ1) is 12.6. The van der Waals surface area contributed by atoms with Gasteiger partial charge in [-0.3, -0.25) is 4.79 Å². The molecule has 1 aromatic heterocycles. The molecule has 2 aromatic rings. The van der Waals surface area contributed by atoms with E-state index in [-0.39, 0.29) is 17.6 Å². The lowest BCUT2D eigenvalue weighted by Gasteiger charge is -2.10. The fraction of sp³-hybridized carbons (Fsp3) is 0.333. The number of carbonyl (C=O) groups is 1. The van der Waals surface area contributed by atoms with Crippen molar-refractivity contribution in [3.8, 4) is 11.8 Å². The van der Waals surface area contributed by atoms with Crippen LogP contribution in [-0.2, 0) is 9.53 Å². The lowest BCUT2D eigenvalue weighted by molar-refractivity contribution is -0.117. The summed E-state index contributed by atoms with van der Waals surface area (Å²) in [6.45, 7) is 5.19. The van der Waals surface area contributed by atoms with Crippen LogP contribution in [0.2, 0.25) is 0 Å². The molecular formula is C21H23N3O2. The van der Waals surface area contributed by atoms with Crippen molar-refractivity contribution in [1.29, 1.82) is 5.26 Å². The normalized spacial score (nSPS) is 17.1. The van der Waals surface area contributed by atoms with Crippen molar-refractivity contribution in [3.63, 3.8) is 0 Å². The molecule has 1 fully saturated rings. The molecule has 0 unspecified atom stereocenters. The maximum atomic E-state index is 12.3. The number of hydrogen-bond donors (Lipinski definition) is 1. The fourth-order valence-corrected chi connectivity index (χ4v) is 3.32. The molecule has 26 heavy (non-hydrogen) atoms. The van der Waals surface area contributed by atoms with Crippen LogP contribution in [0.25, 0.3) is 11.8 Å². The average molecular weight is 349 g/mol. The van der Waals surface area contributed by atoms with Crippen molar-refractivity contribution in [2.75, 3.05) is 13.2 Å². The van der Waals surface area contributed by atoms with E-state index >= 15 is 0 Å². The molecule has 1 aliphatic heterocycles. The zero-order chi connectivity index (χ0) is 18.5. The van der Waals surface area contributed by atoms with Crippen LogP contribution in [0.5, 0.6) is 0 Å². The maximum absolute atomic E-state index is 12.3. The number of carbonyl (C=O) groups excluding carboxylic acids is 1. The van der Waals surface area contributed by atoms with Crippen LogP contribution in [0.4, 0.5) is 0 Å². The summed E-state index contributed by atoms with van der Waals surface area (Å²) in [5, 5.41) is 12.2. The standard InChI is InChI=1S/C21H23N3O2/c1-15-11-17(16(2)24(15)19-7-4-3-5-8-19)12-18(13-22)21(25)23-14-20-9-6-10-26-20/h3-5,7-8,11-12,20H,6,9-10,14H2,1-2H3,(H,23,25)/b18-12+/t20-/m1/s1. The van der Waals surface area contributed by atoms with Gasteiger partial charge in [0.2, 0.25) is 0 Å². The number of nitrogens with one attached hydrogen (secondary N) is 1. The quantitative estimate of drug-likeness (QED) is 0.665. The molecule has 2 heterocycles. The molecule has 5 heteroatoms. The second-order valence-electron chi connectivity index (χ2n) is 6.51. The van der Waals surface area contributed by atoms with E-state index in [1.54, 1.807) is 6.08 Å². The van der Waals surface area contributed by atoms with E-state index < -0.39 is 0 Å². The summed E-state index contributed by atoms with van der Waals surface area (Å²) in [6, 6.07) is 14.0. The Kier molecular flexibility index (Phi) is 5.55. The van der Waals surface area contributed by atoms with E-state index in [0.717, 1.165) is 42.1 Å². The van der Waals surface area contributed by atoms with Crippen LogP contribution in [0.3, 0.4) is 0 Å². The molecule has 3 rings (SSSR count). The van der Waals surface area contributed by atoms with Gasteiger partial charge in [0.15, 0.2) is 0 Å². The van der Waals surface area contributed by atoms with Crippen molar-refractivity contribution < 1.29 is 9.53 Å². The first-order valence-corrected chi connectivity index (χ1v) is 8.86. The van der Waals surface area contributed by atoms with Gasteiger partial charge in [-0.1, -0.05) is 18.2 Å². The summed E-state index contributed by atoms with van der Waals surface area (Å²) in [4.78, 5) is 12.3. The first-order valence-electron chi connectivity index (χ1n) is 8.86. The molecular weight excluding hydrogens is 326 g/mol.